The van der Waals surface area contributed by atoms with Crippen LogP contribution in [0.2, 0.25) is 0 Å². The van der Waals surface area contributed by atoms with Crippen molar-refractivity contribution in [3.63, 3.8) is 0 Å². The van der Waals surface area contributed by atoms with E-state index in [-0.39, 0.29) is 36.0 Å². The molecule has 0 saturated heterocycles. The summed E-state index contributed by atoms with van der Waals surface area (Å²) in [6.45, 7) is 10.1. The van der Waals surface area contributed by atoms with E-state index in [2.05, 4.69) is 21.9 Å². The predicted molar refractivity (Wildman–Crippen MR) is 208 cm³/mol. The zero-order valence-electron chi connectivity index (χ0n) is 31.3. The van der Waals surface area contributed by atoms with Crippen LogP contribution in [0.3, 0.4) is 0 Å². The van der Waals surface area contributed by atoms with Crippen molar-refractivity contribution in [3.05, 3.63) is 64.7 Å². The van der Waals surface area contributed by atoms with Crippen LogP contribution in [0.25, 0.3) is 0 Å². The van der Waals surface area contributed by atoms with E-state index in [9.17, 15) is 22.8 Å². The van der Waals surface area contributed by atoms with Gasteiger partial charge in [-0.2, -0.15) is 0 Å². The van der Waals surface area contributed by atoms with Crippen LogP contribution in [-0.2, 0) is 24.3 Å². The van der Waals surface area contributed by atoms with Gasteiger partial charge in [0.2, 0.25) is 15.9 Å². The van der Waals surface area contributed by atoms with E-state index in [0.717, 1.165) is 30.3 Å². The van der Waals surface area contributed by atoms with Crippen LogP contribution in [0.1, 0.15) is 119 Å². The summed E-state index contributed by atoms with van der Waals surface area (Å²) >= 11 is 0. The van der Waals surface area contributed by atoms with Gasteiger partial charge in [-0.05, 0) is 62.6 Å². The Labute approximate surface area is 305 Å². The second-order valence-corrected chi connectivity index (χ2v) is 15.2. The fourth-order valence-corrected chi connectivity index (χ4v) is 6.68. The summed E-state index contributed by atoms with van der Waals surface area (Å²) in [5.41, 5.74) is 4.11. The molecule has 0 atom stereocenters. The molecule has 0 aromatic heterocycles. The van der Waals surface area contributed by atoms with Crippen molar-refractivity contribution in [3.8, 4) is 0 Å². The number of hydrogen-bond donors (Lipinski definition) is 2. The lowest BCUT2D eigenvalue weighted by atomic mass is 9.85. The Bertz CT molecular complexity index is 1650. The van der Waals surface area contributed by atoms with Gasteiger partial charge < -0.3 is 15.0 Å². The maximum atomic E-state index is 13.7. The van der Waals surface area contributed by atoms with Crippen LogP contribution in [0, 0.1) is 6.92 Å². The van der Waals surface area contributed by atoms with E-state index >= 15 is 0 Å². The van der Waals surface area contributed by atoms with Gasteiger partial charge in [0.25, 0.3) is 0 Å². The largest absolute Gasteiger partial charge is 0.381 e. The third kappa shape index (κ3) is 14.1. The minimum absolute atomic E-state index is 0.0701. The number of aryl methyl sites for hydroxylation is 1. The molecule has 0 fully saturated rings. The first-order chi connectivity index (χ1) is 24.4. The van der Waals surface area contributed by atoms with Gasteiger partial charge in [-0.25, -0.2) is 18.1 Å². The zero-order chi connectivity index (χ0) is 37.2. The van der Waals surface area contributed by atoms with Crippen molar-refractivity contribution in [1.82, 2.24) is 4.72 Å². The number of hydrogen-bond acceptors (Lipinski definition) is 8. The number of amides is 1. The molecule has 280 valence electrons. The van der Waals surface area contributed by atoms with Crippen molar-refractivity contribution in [2.24, 2.45) is 4.99 Å². The molecule has 2 aromatic rings. The second-order valence-electron chi connectivity index (χ2n) is 13.3. The molecule has 0 saturated carbocycles. The van der Waals surface area contributed by atoms with Crippen LogP contribution in [-0.4, -0.2) is 70.7 Å². The number of ketones is 2. The van der Waals surface area contributed by atoms with Crippen molar-refractivity contribution in [2.75, 3.05) is 49.3 Å². The lowest BCUT2D eigenvalue weighted by Crippen LogP contribution is -2.34. The Hall–Kier alpha value is -3.67. The molecule has 1 amide bonds. The molecule has 0 aliphatic heterocycles. The maximum Gasteiger partial charge on any atom is 0.221 e. The molecular weight excluding hydrogens is 665 g/mol. The molecule has 11 heteroatoms. The normalized spacial score (nSPS) is 13.6. The highest BCUT2D eigenvalue weighted by Crippen LogP contribution is 2.32. The van der Waals surface area contributed by atoms with Crippen LogP contribution in [0.5, 0.6) is 0 Å². The Kier molecular flexibility index (Phi) is 17.7. The smallest absolute Gasteiger partial charge is 0.221 e. The fourth-order valence-electron chi connectivity index (χ4n) is 6.22. The zero-order valence-corrected chi connectivity index (χ0v) is 32.1. The third-order valence-electron chi connectivity index (χ3n) is 8.95. The Morgan fingerprint density at radius 2 is 1.57 bits per heavy atom. The SMILES string of the molecule is CCCCCCCCCCCCOCCCC(=O)C1=CC(=Nc2ccc(N(CC)CCNS(C)(=O)=O)cc2C)c2c(NC(C)=O)cccc2C1=O. The molecule has 1 aliphatic carbocycles. The lowest BCUT2D eigenvalue weighted by molar-refractivity contribution is -0.116. The monoisotopic (exact) mass is 722 g/mol. The minimum atomic E-state index is -3.29. The summed E-state index contributed by atoms with van der Waals surface area (Å²) < 4.78 is 31.4. The maximum absolute atomic E-state index is 13.7. The number of fused-ring (bicyclic) bond motifs is 1. The summed E-state index contributed by atoms with van der Waals surface area (Å²) in [5, 5.41) is 2.81. The molecule has 0 heterocycles. The van der Waals surface area contributed by atoms with Crippen molar-refractivity contribution >= 4 is 50.3 Å². The first-order valence-electron chi connectivity index (χ1n) is 18.6. The highest BCUT2D eigenvalue weighted by Gasteiger charge is 2.30. The minimum Gasteiger partial charge on any atom is -0.381 e. The molecule has 2 aromatic carbocycles. The van der Waals surface area contributed by atoms with E-state index in [1.54, 1.807) is 24.3 Å². The molecule has 0 bridgehead atoms. The Morgan fingerprint density at radius 3 is 2.20 bits per heavy atom. The third-order valence-corrected chi connectivity index (χ3v) is 9.68. The Morgan fingerprint density at radius 1 is 0.902 bits per heavy atom. The number of nitrogens with one attached hydrogen (secondary N) is 2. The van der Waals surface area contributed by atoms with Crippen molar-refractivity contribution in [2.45, 2.75) is 105 Å². The van der Waals surface area contributed by atoms with E-state index in [1.807, 2.05) is 32.0 Å². The molecule has 0 radical (unpaired) electrons. The number of carbonyl (C=O) groups is 3. The standard InChI is InChI=1S/C40H58N4O6S/c1-6-8-9-10-11-12-13-14-15-16-26-50-27-18-21-38(46)34-29-37(39-33(40(34)47)19-17-20-36(39)42-31(4)45)43-35-23-22-32(28-30(35)3)44(7-2)25-24-41-51(5,48)49/h17,19-20,22-23,28-29,41H,6-16,18,21,24-27H2,1-5H3,(H,42,45). The van der Waals surface area contributed by atoms with Gasteiger partial charge in [-0.1, -0.05) is 76.8 Å². The molecule has 1 aliphatic rings. The molecule has 3 rings (SSSR count). The molecule has 2 N–H and O–H groups in total. The van der Waals surface area contributed by atoms with E-state index in [4.69, 9.17) is 9.73 Å². The number of rotatable bonds is 24. The van der Waals surface area contributed by atoms with Gasteiger partial charge in [-0.15, -0.1) is 0 Å². The molecule has 51 heavy (non-hydrogen) atoms. The number of carbonyl (C=O) groups excluding carboxylic acids is 3. The first kappa shape index (κ1) is 41.7. The molecule has 0 spiro atoms. The number of allylic oxidation sites excluding steroid dienone is 2. The summed E-state index contributed by atoms with van der Waals surface area (Å²) in [6, 6.07) is 10.8. The van der Waals surface area contributed by atoms with Gasteiger partial charge in [0.05, 0.1) is 28.9 Å². The lowest BCUT2D eigenvalue weighted by Gasteiger charge is -2.24. The van der Waals surface area contributed by atoms with Crippen LogP contribution >= 0.6 is 0 Å². The number of anilines is 2. The van der Waals surface area contributed by atoms with Crippen molar-refractivity contribution < 1.29 is 27.5 Å². The van der Waals surface area contributed by atoms with Gasteiger partial charge >= 0.3 is 0 Å². The van der Waals surface area contributed by atoms with Gasteiger partial charge in [-0.3, -0.25) is 14.4 Å². The summed E-state index contributed by atoms with van der Waals surface area (Å²) in [6.07, 6.45) is 16.0. The van der Waals surface area contributed by atoms with E-state index in [0.29, 0.717) is 60.9 Å². The summed E-state index contributed by atoms with van der Waals surface area (Å²) in [7, 11) is -3.29. The highest BCUT2D eigenvalue weighted by atomic mass is 32.2. The first-order valence-corrected chi connectivity index (χ1v) is 20.5. The van der Waals surface area contributed by atoms with Crippen LogP contribution in [0.15, 0.2) is 53.0 Å². The topological polar surface area (TPSA) is 134 Å². The number of sulfonamides is 1. The molecule has 10 nitrogen and oxygen atoms in total. The average molecular weight is 723 g/mol. The van der Waals surface area contributed by atoms with Crippen LogP contribution in [0.4, 0.5) is 17.1 Å². The quantitative estimate of drug-likeness (QED) is 0.0833. The number of benzene rings is 2. The fraction of sp³-hybridized carbons (Fsp3) is 0.550. The number of unbranched alkanes of at least 4 members (excludes halogenated alkanes) is 9. The van der Waals surface area contributed by atoms with E-state index < -0.39 is 10.0 Å². The summed E-state index contributed by atoms with van der Waals surface area (Å²) in [4.78, 5) is 46.2. The highest BCUT2D eigenvalue weighted by molar-refractivity contribution is 7.88. The van der Waals surface area contributed by atoms with Crippen molar-refractivity contribution in [1.29, 1.82) is 0 Å². The van der Waals surface area contributed by atoms with Gasteiger partial charge in [0.15, 0.2) is 11.6 Å². The average Bonchev–Trinajstić information content (AvgIpc) is 3.08. The Balaban J connectivity index is 1.69. The van der Waals surface area contributed by atoms with Gasteiger partial charge in [0, 0.05) is 63.0 Å². The molecular formula is C40H58N4O6S. The van der Waals surface area contributed by atoms with Crippen LogP contribution < -0.4 is 14.9 Å². The number of Topliss-reactive ketones (excluding diaryl/α,β-unsaturated/α-hetero) is 2. The summed E-state index contributed by atoms with van der Waals surface area (Å²) in [5.74, 6) is -0.940. The number of ether oxygens (including phenoxy) is 1. The predicted octanol–water partition coefficient (Wildman–Crippen LogP) is 7.86. The molecule has 0 unspecified atom stereocenters. The second kappa shape index (κ2) is 21.6. The van der Waals surface area contributed by atoms with E-state index in [1.165, 1.54) is 58.3 Å². The van der Waals surface area contributed by atoms with Gasteiger partial charge in [0.1, 0.15) is 0 Å². The number of nitrogens with zero attached hydrogens (tertiary/aromatic N) is 2. The number of aliphatic imine (C=N–C) groups is 1. The number of likely N-dealkylation sites (N-methyl/N-ethyl adjacent to an activating group) is 1.